The Balaban J connectivity index is 3.86. The molecule has 0 fully saturated rings. The van der Waals surface area contributed by atoms with Gasteiger partial charge < -0.3 is 19.7 Å². The van der Waals surface area contributed by atoms with Gasteiger partial charge >= 0.3 is 0 Å². The molecule has 1 N–H and O–H groups in total. The molecule has 0 heterocycles. The van der Waals surface area contributed by atoms with Gasteiger partial charge in [-0.05, 0) is 44.9 Å². The number of nitrogens with one attached hydrogen (secondary N) is 1. The second-order valence-corrected chi connectivity index (χ2v) is 9.44. The van der Waals surface area contributed by atoms with Crippen molar-refractivity contribution in [2.45, 2.75) is 109 Å². The molecule has 0 radical (unpaired) electrons. The van der Waals surface area contributed by atoms with Gasteiger partial charge in [-0.3, -0.25) is 4.79 Å². The summed E-state index contributed by atoms with van der Waals surface area (Å²) < 4.78 is 0.227. The van der Waals surface area contributed by atoms with Crippen molar-refractivity contribution < 1.29 is 19.2 Å². The fraction of sp³-hybridized carbons (Fsp3) is 0.769. The highest BCUT2D eigenvalue weighted by Gasteiger charge is 2.33. The van der Waals surface area contributed by atoms with Gasteiger partial charge in [-0.2, -0.15) is 0 Å². The number of quaternary nitrogens is 1. The third kappa shape index (κ3) is 15.8. The lowest BCUT2D eigenvalue weighted by Crippen LogP contribution is -2.64. The smallest absolute Gasteiger partial charge is 0.220 e. The number of carboxylic acid groups (broad SMARTS) is 1. The minimum absolute atomic E-state index is 0.0581. The largest absolute Gasteiger partial charge is 0.544 e. The highest BCUT2D eigenvalue weighted by atomic mass is 16.4. The average molecular weight is 437 g/mol. The summed E-state index contributed by atoms with van der Waals surface area (Å²) in [5, 5.41) is 14.5. The van der Waals surface area contributed by atoms with Crippen molar-refractivity contribution in [3.63, 3.8) is 0 Å². The van der Waals surface area contributed by atoms with E-state index in [-0.39, 0.29) is 10.4 Å². The van der Waals surface area contributed by atoms with E-state index in [1.807, 2.05) is 28.1 Å². The predicted octanol–water partition coefficient (Wildman–Crippen LogP) is 4.52. The second kappa shape index (κ2) is 18.0. The van der Waals surface area contributed by atoms with E-state index in [0.29, 0.717) is 12.8 Å². The number of hydrogen-bond donors (Lipinski definition) is 1. The maximum absolute atomic E-state index is 12.3. The van der Waals surface area contributed by atoms with Crippen molar-refractivity contribution in [2.75, 3.05) is 21.1 Å². The molecule has 0 rings (SSSR count). The normalized spacial score (nSPS) is 14.2. The summed E-state index contributed by atoms with van der Waals surface area (Å²) in [6, 6.07) is -1.16. The fourth-order valence-corrected chi connectivity index (χ4v) is 3.80. The van der Waals surface area contributed by atoms with E-state index in [1.54, 1.807) is 0 Å². The number of rotatable bonds is 19. The third-order valence-corrected chi connectivity index (χ3v) is 5.60. The van der Waals surface area contributed by atoms with Gasteiger partial charge in [0.25, 0.3) is 0 Å². The van der Waals surface area contributed by atoms with Crippen molar-refractivity contribution in [3.8, 4) is 0 Å². The molecule has 5 heteroatoms. The van der Waals surface area contributed by atoms with Crippen molar-refractivity contribution in [3.05, 3.63) is 24.3 Å². The quantitative estimate of drug-likeness (QED) is 0.184. The molecular weight excluding hydrogens is 388 g/mol. The lowest BCUT2D eigenvalue weighted by atomic mass is 10.0. The Bertz CT molecular complexity index is 535. The van der Waals surface area contributed by atoms with E-state index in [1.165, 1.54) is 38.5 Å². The van der Waals surface area contributed by atoms with E-state index < -0.39 is 18.1 Å². The van der Waals surface area contributed by atoms with Crippen LogP contribution >= 0.6 is 0 Å². The summed E-state index contributed by atoms with van der Waals surface area (Å²) in [4.78, 5) is 23.8. The van der Waals surface area contributed by atoms with Crippen LogP contribution in [-0.4, -0.2) is 49.6 Å². The molecule has 5 nitrogen and oxygen atoms in total. The molecule has 0 aliphatic heterocycles. The molecule has 0 aliphatic rings. The number of carbonyl (C=O) groups excluding carboxylic acids is 2. The first-order chi connectivity index (χ1) is 14.7. The van der Waals surface area contributed by atoms with Crippen molar-refractivity contribution in [2.24, 2.45) is 0 Å². The highest BCUT2D eigenvalue weighted by Crippen LogP contribution is 2.12. The molecule has 0 aromatic rings. The molecule has 0 saturated heterocycles. The monoisotopic (exact) mass is 436 g/mol. The number of unbranched alkanes of at least 4 members (excludes halogenated alkanes) is 8. The minimum Gasteiger partial charge on any atom is -0.544 e. The minimum atomic E-state index is -1.11. The molecule has 2 unspecified atom stereocenters. The van der Waals surface area contributed by atoms with Crippen LogP contribution in [0.25, 0.3) is 0 Å². The third-order valence-electron chi connectivity index (χ3n) is 5.60. The van der Waals surface area contributed by atoms with E-state index in [0.717, 1.165) is 32.1 Å². The van der Waals surface area contributed by atoms with Gasteiger partial charge in [0.1, 0.15) is 12.0 Å². The number of aliphatic carboxylic acids is 1. The topological polar surface area (TPSA) is 69.2 Å². The number of allylic oxidation sites excluding steroid dienone is 4. The molecule has 0 aliphatic carbocycles. The van der Waals surface area contributed by atoms with Crippen LogP contribution in [0, 0.1) is 0 Å². The molecule has 0 saturated carbocycles. The first-order valence-corrected chi connectivity index (χ1v) is 12.3. The SMILES string of the molecule is CCCCC/C=C\C/C=C\CCCCCCCC(=O)NC(CC)C(C(=O)[O-])[N+](C)(C)C. The first-order valence-electron chi connectivity index (χ1n) is 12.3. The van der Waals surface area contributed by atoms with Gasteiger partial charge in [0.2, 0.25) is 5.91 Å². The van der Waals surface area contributed by atoms with Crippen LogP contribution in [0.15, 0.2) is 24.3 Å². The fourth-order valence-electron chi connectivity index (χ4n) is 3.80. The van der Waals surface area contributed by atoms with Crippen LogP contribution in [0.1, 0.15) is 97.3 Å². The number of amides is 1. The van der Waals surface area contributed by atoms with Crippen LogP contribution in [0.3, 0.4) is 0 Å². The average Bonchev–Trinajstić information content (AvgIpc) is 2.69. The summed E-state index contributed by atoms with van der Waals surface area (Å²) in [6.07, 6.45) is 22.8. The van der Waals surface area contributed by atoms with Gasteiger partial charge in [-0.25, -0.2) is 0 Å². The van der Waals surface area contributed by atoms with Crippen LogP contribution in [0.2, 0.25) is 0 Å². The Hall–Kier alpha value is -1.62. The first kappa shape index (κ1) is 29.4. The predicted molar refractivity (Wildman–Crippen MR) is 128 cm³/mol. The zero-order valence-corrected chi connectivity index (χ0v) is 20.8. The molecule has 1 amide bonds. The van der Waals surface area contributed by atoms with Gasteiger partial charge in [0, 0.05) is 6.42 Å². The van der Waals surface area contributed by atoms with Crippen molar-refractivity contribution in [1.29, 1.82) is 0 Å². The summed E-state index contributed by atoms with van der Waals surface area (Å²) in [6.45, 7) is 4.13. The molecule has 0 aromatic carbocycles. The Morgan fingerprint density at radius 2 is 1.39 bits per heavy atom. The number of nitrogens with zero attached hydrogens (tertiary/aromatic N) is 1. The van der Waals surface area contributed by atoms with Crippen molar-refractivity contribution in [1.82, 2.24) is 5.32 Å². The Morgan fingerprint density at radius 3 is 1.90 bits per heavy atom. The lowest BCUT2D eigenvalue weighted by Gasteiger charge is -2.39. The summed E-state index contributed by atoms with van der Waals surface area (Å²) >= 11 is 0. The maximum Gasteiger partial charge on any atom is 0.220 e. The molecule has 0 bridgehead atoms. The highest BCUT2D eigenvalue weighted by molar-refractivity contribution is 5.78. The number of carboxylic acids is 1. The maximum atomic E-state index is 12.3. The zero-order valence-electron chi connectivity index (χ0n) is 20.8. The van der Waals surface area contributed by atoms with E-state index in [2.05, 4.69) is 36.5 Å². The second-order valence-electron chi connectivity index (χ2n) is 9.44. The van der Waals surface area contributed by atoms with Crippen molar-refractivity contribution >= 4 is 11.9 Å². The van der Waals surface area contributed by atoms with Crippen LogP contribution in [0.5, 0.6) is 0 Å². The Kier molecular flexibility index (Phi) is 17.1. The lowest BCUT2D eigenvalue weighted by molar-refractivity contribution is -0.890. The van der Waals surface area contributed by atoms with Crippen LogP contribution < -0.4 is 10.4 Å². The Labute approximate surface area is 191 Å². The van der Waals surface area contributed by atoms with Crippen LogP contribution in [0.4, 0.5) is 0 Å². The number of hydrogen-bond acceptors (Lipinski definition) is 3. The summed E-state index contributed by atoms with van der Waals surface area (Å²) in [5.74, 6) is -1.17. The molecule has 180 valence electrons. The number of likely N-dealkylation sites (N-methyl/N-ethyl adjacent to an activating group) is 1. The molecule has 2 atom stereocenters. The molecular formula is C26H48N2O3. The zero-order chi connectivity index (χ0) is 23.5. The van der Waals surface area contributed by atoms with Crippen LogP contribution in [-0.2, 0) is 9.59 Å². The summed E-state index contributed by atoms with van der Waals surface area (Å²) in [7, 11) is 5.45. The van der Waals surface area contributed by atoms with Gasteiger partial charge in [0.15, 0.2) is 0 Å². The van der Waals surface area contributed by atoms with Gasteiger partial charge in [-0.1, -0.05) is 70.3 Å². The molecule has 0 spiro atoms. The van der Waals surface area contributed by atoms with Gasteiger partial charge in [0.05, 0.1) is 27.2 Å². The van der Waals surface area contributed by atoms with E-state index >= 15 is 0 Å². The van der Waals surface area contributed by atoms with Gasteiger partial charge in [-0.15, -0.1) is 0 Å². The Morgan fingerprint density at radius 1 is 0.839 bits per heavy atom. The summed E-state index contributed by atoms with van der Waals surface area (Å²) in [5.41, 5.74) is 0. The molecule has 31 heavy (non-hydrogen) atoms. The molecule has 0 aromatic heterocycles. The number of carbonyl (C=O) groups is 2. The van der Waals surface area contributed by atoms with E-state index in [9.17, 15) is 14.7 Å². The van der Waals surface area contributed by atoms with E-state index in [4.69, 9.17) is 0 Å². The standard InChI is InChI=1S/C26H48N2O3/c1-6-8-9-10-11-12-13-14-15-16-17-18-19-20-21-22-24(29)27-23(7-2)25(26(30)31)28(3,4)5/h11-12,14-15,23,25H,6-10,13,16-22H2,1-5H3,(H-,27,29,30,31)/b12-11-,15-14-.